The molecular weight excluding hydrogens is 372 g/mol. The largest absolute Gasteiger partial charge is 0.489 e. The van der Waals surface area contributed by atoms with E-state index in [9.17, 15) is 5.11 Å². The van der Waals surface area contributed by atoms with Crippen molar-refractivity contribution in [1.29, 1.82) is 0 Å². The molecule has 0 aliphatic heterocycles. The smallest absolute Gasteiger partial charge is 0.124 e. The lowest BCUT2D eigenvalue weighted by Gasteiger charge is -2.29. The number of hydrogen-bond acceptors (Lipinski definition) is 3. The average molecular weight is 401 g/mol. The number of aliphatic hydroxyl groups excluding tert-OH is 1. The third-order valence-electron chi connectivity index (χ3n) is 5.58. The molecule has 3 aromatic carbocycles. The van der Waals surface area contributed by atoms with Crippen LogP contribution in [-0.4, -0.2) is 11.7 Å². The van der Waals surface area contributed by atoms with E-state index in [1.54, 1.807) is 0 Å². The molecular formula is C27H28O3. The Kier molecular flexibility index (Phi) is 6.50. The van der Waals surface area contributed by atoms with Gasteiger partial charge in [0.2, 0.25) is 0 Å². The van der Waals surface area contributed by atoms with E-state index in [1.165, 1.54) is 0 Å². The van der Waals surface area contributed by atoms with Gasteiger partial charge in [0.15, 0.2) is 0 Å². The first-order valence-corrected chi connectivity index (χ1v) is 10.6. The second kappa shape index (κ2) is 9.64. The summed E-state index contributed by atoms with van der Waals surface area (Å²) in [6, 6.07) is 24.4. The normalized spacial score (nSPS) is 17.4. The van der Waals surface area contributed by atoms with E-state index in [2.05, 4.69) is 43.3 Å². The third kappa shape index (κ3) is 4.58. The number of rotatable bonds is 8. The molecule has 3 aromatic rings. The summed E-state index contributed by atoms with van der Waals surface area (Å²) in [6.45, 7) is 3.36. The molecule has 154 valence electrons. The highest BCUT2D eigenvalue weighted by molar-refractivity contribution is 5.56. The summed E-state index contributed by atoms with van der Waals surface area (Å²) in [4.78, 5) is 0. The van der Waals surface area contributed by atoms with E-state index in [0.717, 1.165) is 33.8 Å². The molecule has 0 amide bonds. The van der Waals surface area contributed by atoms with Gasteiger partial charge in [-0.25, -0.2) is 0 Å². The van der Waals surface area contributed by atoms with Crippen molar-refractivity contribution < 1.29 is 14.6 Å². The molecule has 1 aliphatic carbocycles. The van der Waals surface area contributed by atoms with Gasteiger partial charge in [-0.3, -0.25) is 0 Å². The van der Waals surface area contributed by atoms with Gasteiger partial charge >= 0.3 is 0 Å². The molecule has 3 heteroatoms. The second-order valence-electron chi connectivity index (χ2n) is 7.73. The first-order chi connectivity index (χ1) is 14.8. The molecule has 0 bridgehead atoms. The Bertz CT molecular complexity index is 980. The minimum Gasteiger partial charge on any atom is -0.489 e. The van der Waals surface area contributed by atoms with Crippen molar-refractivity contribution in [3.05, 3.63) is 107 Å². The zero-order valence-electron chi connectivity index (χ0n) is 17.3. The minimum absolute atomic E-state index is 0.118. The molecule has 1 aliphatic rings. The predicted molar refractivity (Wildman–Crippen MR) is 120 cm³/mol. The Hall–Kier alpha value is -3.04. The number of hydrogen-bond donors (Lipinski definition) is 1. The number of fused-ring (bicyclic) bond motifs is 1. The molecule has 4 rings (SSSR count). The first-order valence-electron chi connectivity index (χ1n) is 10.6. The third-order valence-corrected chi connectivity index (χ3v) is 5.58. The van der Waals surface area contributed by atoms with E-state index < -0.39 is 0 Å². The Morgan fingerprint density at radius 2 is 1.23 bits per heavy atom. The molecule has 0 radical (unpaired) electrons. The Labute approximate surface area is 178 Å². The Balaban J connectivity index is 1.65. The van der Waals surface area contributed by atoms with Gasteiger partial charge in [-0.2, -0.15) is 0 Å². The number of aliphatic hydroxyl groups is 1. The maximum Gasteiger partial charge on any atom is 0.124 e. The van der Waals surface area contributed by atoms with E-state index in [0.29, 0.717) is 19.6 Å². The molecule has 0 fully saturated rings. The summed E-state index contributed by atoms with van der Waals surface area (Å²) in [5, 5.41) is 9.62. The van der Waals surface area contributed by atoms with Crippen molar-refractivity contribution in [2.75, 3.05) is 6.61 Å². The average Bonchev–Trinajstić information content (AvgIpc) is 2.80. The van der Waals surface area contributed by atoms with Crippen molar-refractivity contribution in [2.45, 2.75) is 38.4 Å². The summed E-state index contributed by atoms with van der Waals surface area (Å²) < 4.78 is 12.5. The molecule has 0 heterocycles. The molecule has 30 heavy (non-hydrogen) atoms. The number of allylic oxidation sites excluding steroid dienone is 2. The van der Waals surface area contributed by atoms with Gasteiger partial charge < -0.3 is 14.6 Å². The van der Waals surface area contributed by atoms with Crippen molar-refractivity contribution in [2.24, 2.45) is 0 Å². The van der Waals surface area contributed by atoms with Crippen molar-refractivity contribution in [3.63, 3.8) is 0 Å². The fourth-order valence-corrected chi connectivity index (χ4v) is 4.04. The van der Waals surface area contributed by atoms with Crippen LogP contribution in [0.4, 0.5) is 0 Å². The summed E-state index contributed by atoms with van der Waals surface area (Å²) in [5.41, 5.74) is 4.58. The van der Waals surface area contributed by atoms with Gasteiger partial charge in [-0.05, 0) is 29.7 Å². The lowest BCUT2D eigenvalue weighted by molar-refractivity contribution is 0.272. The van der Waals surface area contributed by atoms with Crippen LogP contribution in [-0.2, 0) is 13.2 Å². The highest BCUT2D eigenvalue weighted by atomic mass is 16.5. The Morgan fingerprint density at radius 1 is 0.700 bits per heavy atom. The summed E-state index contributed by atoms with van der Waals surface area (Å²) in [5.74, 6) is 2.10. The summed E-state index contributed by atoms with van der Waals surface area (Å²) in [7, 11) is 0. The molecule has 0 unspecified atom stereocenters. The van der Waals surface area contributed by atoms with E-state index in [4.69, 9.17) is 9.47 Å². The van der Waals surface area contributed by atoms with Crippen LogP contribution >= 0.6 is 0 Å². The van der Waals surface area contributed by atoms with E-state index in [1.807, 2.05) is 48.5 Å². The number of ether oxygens (including phenoxy) is 2. The molecule has 0 spiro atoms. The van der Waals surface area contributed by atoms with Crippen molar-refractivity contribution in [3.8, 4) is 11.5 Å². The van der Waals surface area contributed by atoms with Crippen LogP contribution < -0.4 is 9.47 Å². The second-order valence-corrected chi connectivity index (χ2v) is 7.73. The van der Waals surface area contributed by atoms with Crippen LogP contribution in [0.15, 0.2) is 84.9 Å². The maximum atomic E-state index is 9.62. The van der Waals surface area contributed by atoms with Gasteiger partial charge in [0, 0.05) is 29.6 Å². The molecule has 3 nitrogen and oxygen atoms in total. The van der Waals surface area contributed by atoms with Gasteiger partial charge in [0.05, 0.1) is 0 Å². The van der Waals surface area contributed by atoms with Crippen LogP contribution in [0, 0.1) is 0 Å². The van der Waals surface area contributed by atoms with Crippen LogP contribution in [0.25, 0.3) is 0 Å². The lowest BCUT2D eigenvalue weighted by Crippen LogP contribution is -2.14. The van der Waals surface area contributed by atoms with Gasteiger partial charge in [-0.15, -0.1) is 0 Å². The fraction of sp³-hybridized carbons (Fsp3) is 0.259. The van der Waals surface area contributed by atoms with Crippen LogP contribution in [0.2, 0.25) is 0 Å². The summed E-state index contributed by atoms with van der Waals surface area (Å²) >= 11 is 0. The fourth-order valence-electron chi connectivity index (χ4n) is 4.04. The first kappa shape index (κ1) is 20.2. The van der Waals surface area contributed by atoms with Crippen molar-refractivity contribution >= 4 is 0 Å². The molecule has 0 saturated heterocycles. The zero-order valence-corrected chi connectivity index (χ0v) is 17.3. The lowest BCUT2D eigenvalue weighted by atomic mass is 9.80. The topological polar surface area (TPSA) is 38.7 Å². The van der Waals surface area contributed by atoms with Crippen LogP contribution in [0.3, 0.4) is 0 Å². The standard InChI is InChI=1S/C27H28O3/c1-20-12-13-23(16-17-28)27-25(30-19-22-10-6-3-7-11-22)15-14-24(26(20)27)29-18-21-8-4-2-5-9-21/h2-15,20,23,28H,16-19H2,1H3/t20-,23-/m0/s1. The van der Waals surface area contributed by atoms with Gasteiger partial charge in [-0.1, -0.05) is 79.7 Å². The zero-order chi connectivity index (χ0) is 20.8. The highest BCUT2D eigenvalue weighted by Gasteiger charge is 2.27. The van der Waals surface area contributed by atoms with Crippen molar-refractivity contribution in [1.82, 2.24) is 0 Å². The van der Waals surface area contributed by atoms with Crippen LogP contribution in [0.5, 0.6) is 11.5 Å². The van der Waals surface area contributed by atoms with Crippen LogP contribution in [0.1, 0.15) is 47.4 Å². The highest BCUT2D eigenvalue weighted by Crippen LogP contribution is 2.45. The monoisotopic (exact) mass is 400 g/mol. The Morgan fingerprint density at radius 3 is 1.77 bits per heavy atom. The minimum atomic E-state index is 0.118. The quantitative estimate of drug-likeness (QED) is 0.473. The summed E-state index contributed by atoms with van der Waals surface area (Å²) in [6.07, 6.45) is 5.07. The molecule has 2 atom stereocenters. The van der Waals surface area contributed by atoms with Gasteiger partial charge in [0.1, 0.15) is 24.7 Å². The molecule has 0 saturated carbocycles. The van der Waals surface area contributed by atoms with Gasteiger partial charge in [0.25, 0.3) is 0 Å². The maximum absolute atomic E-state index is 9.62. The van der Waals surface area contributed by atoms with E-state index >= 15 is 0 Å². The SMILES string of the molecule is C[C@H]1C=C[C@@H](CCO)c2c(OCc3ccccc3)ccc(OCc3ccccc3)c21. The molecule has 0 aromatic heterocycles. The molecule has 1 N–H and O–H groups in total. The van der Waals surface area contributed by atoms with E-state index in [-0.39, 0.29) is 18.4 Å². The number of benzene rings is 3. The predicted octanol–water partition coefficient (Wildman–Crippen LogP) is 5.98.